The number of aliphatic carboxylic acids is 1. The third-order valence-corrected chi connectivity index (χ3v) is 3.93. The van der Waals surface area contributed by atoms with Gasteiger partial charge in [0.25, 0.3) is 0 Å². The molecule has 1 aromatic carbocycles. The quantitative estimate of drug-likeness (QED) is 0.851. The summed E-state index contributed by atoms with van der Waals surface area (Å²) >= 11 is 2.95. The van der Waals surface area contributed by atoms with E-state index in [1.54, 1.807) is 10.8 Å². The maximum absolute atomic E-state index is 10.8. The summed E-state index contributed by atoms with van der Waals surface area (Å²) in [6.45, 7) is 6.16. The van der Waals surface area contributed by atoms with Gasteiger partial charge in [-0.1, -0.05) is 0 Å². The van der Waals surface area contributed by atoms with Crippen LogP contribution < -0.4 is 0 Å². The smallest absolute Gasteiger partial charge is 0.412 e. The van der Waals surface area contributed by atoms with Crippen molar-refractivity contribution in [2.24, 2.45) is 0 Å². The summed E-state index contributed by atoms with van der Waals surface area (Å²) in [5.41, 5.74) is 4.67. The van der Waals surface area contributed by atoms with Crippen molar-refractivity contribution >= 4 is 21.5 Å². The first-order chi connectivity index (χ1) is 8.90. The van der Waals surface area contributed by atoms with Crippen LogP contribution in [0.2, 0.25) is 0 Å². The van der Waals surface area contributed by atoms with E-state index in [9.17, 15) is 4.79 Å². The monoisotopic (exact) mass is 342 g/mol. The van der Waals surface area contributed by atoms with Crippen LogP contribution in [0.5, 0.6) is 0 Å². The molecular formula is C14H18N2O3Se. The third-order valence-electron chi connectivity index (χ3n) is 3.03. The molecule has 5 nitrogen and oxygen atoms in total. The molecule has 0 atom stereocenters. The number of aryl methyl sites for hydroxylation is 3. The topological polar surface area (TPSA) is 78.7 Å². The van der Waals surface area contributed by atoms with E-state index in [2.05, 4.69) is 48.5 Å². The van der Waals surface area contributed by atoms with E-state index in [-0.39, 0.29) is 12.0 Å². The summed E-state index contributed by atoms with van der Waals surface area (Å²) < 4.78 is 4.46. The van der Waals surface area contributed by atoms with Gasteiger partial charge in [-0.15, -0.1) is 0 Å². The first kappa shape index (κ1) is 16.4. The van der Waals surface area contributed by atoms with Gasteiger partial charge in [-0.2, -0.15) is 0 Å². The van der Waals surface area contributed by atoms with Crippen LogP contribution in [0.3, 0.4) is 0 Å². The van der Waals surface area contributed by atoms with Crippen LogP contribution in [0.4, 0.5) is 0 Å². The molecule has 0 bridgehead atoms. The number of benzene rings is 1. The zero-order chi connectivity index (χ0) is 14.2. The third kappa shape index (κ3) is 3.10. The van der Waals surface area contributed by atoms with E-state index in [0.29, 0.717) is 0 Å². The number of carboxylic acids is 1. The van der Waals surface area contributed by atoms with Gasteiger partial charge in [0.15, 0.2) is 0 Å². The predicted molar refractivity (Wildman–Crippen MR) is 78.2 cm³/mol. The Morgan fingerprint density at radius 3 is 2.25 bits per heavy atom. The minimum Gasteiger partial charge on any atom is -0.412 e. The van der Waals surface area contributed by atoms with Crippen LogP contribution in [0.1, 0.15) is 16.7 Å². The molecule has 1 aromatic heterocycles. The maximum Gasteiger partial charge on any atom is -0.412 e. The molecular weight excluding hydrogens is 323 g/mol. The molecule has 1 heterocycles. The van der Waals surface area contributed by atoms with Gasteiger partial charge >= 0.3 is 119 Å². The Bertz CT molecular complexity index is 678. The number of hydrogen-bond acceptors (Lipinski definition) is 1. The fourth-order valence-electron chi connectivity index (χ4n) is 2.40. The molecule has 3 N–H and O–H groups in total. The van der Waals surface area contributed by atoms with Crippen molar-refractivity contribution in [2.45, 2.75) is 27.3 Å². The Kier molecular flexibility index (Phi) is 5.11. The Morgan fingerprint density at radius 2 is 1.75 bits per heavy atom. The molecule has 0 aliphatic rings. The summed E-state index contributed by atoms with van der Waals surface area (Å²) in [7, 11) is 0. The van der Waals surface area contributed by atoms with Crippen LogP contribution in [0, 0.1) is 25.1 Å². The van der Waals surface area contributed by atoms with E-state index < -0.39 is 5.97 Å². The molecule has 2 aromatic rings. The van der Waals surface area contributed by atoms with Crippen LogP contribution in [-0.2, 0) is 11.3 Å². The number of rotatable bonds is 3. The number of carboxylic acid groups (broad SMARTS) is 1. The number of hydrogen-bond donors (Lipinski definition) is 1. The van der Waals surface area contributed by atoms with Crippen molar-refractivity contribution < 1.29 is 15.4 Å². The molecule has 0 saturated carbocycles. The zero-order valence-corrected chi connectivity index (χ0v) is 13.4. The van der Waals surface area contributed by atoms with Crippen molar-refractivity contribution in [3.63, 3.8) is 0 Å². The number of carbonyl (C=O) groups is 1. The zero-order valence-electron chi connectivity index (χ0n) is 11.7. The average molecular weight is 341 g/mol. The second-order valence-electron chi connectivity index (χ2n) is 4.72. The molecule has 6 heteroatoms. The first-order valence-electron chi connectivity index (χ1n) is 5.98. The Morgan fingerprint density at radius 1 is 1.20 bits per heavy atom. The first-order valence-corrected chi connectivity index (χ1v) is 6.83. The van der Waals surface area contributed by atoms with Crippen LogP contribution in [0.15, 0.2) is 24.5 Å². The molecule has 20 heavy (non-hydrogen) atoms. The summed E-state index contributed by atoms with van der Waals surface area (Å²) in [5.74, 6) is -0.850. The molecule has 0 fully saturated rings. The van der Waals surface area contributed by atoms with Crippen LogP contribution in [0.25, 0.3) is 5.69 Å². The predicted octanol–water partition coefficient (Wildman–Crippen LogP) is 1.16. The van der Waals surface area contributed by atoms with Crippen molar-refractivity contribution in [1.82, 2.24) is 9.13 Å². The maximum atomic E-state index is 10.8. The van der Waals surface area contributed by atoms with E-state index in [0.717, 1.165) is 10.0 Å². The Labute approximate surface area is 125 Å². The molecule has 0 amide bonds. The van der Waals surface area contributed by atoms with Gasteiger partial charge in [-0.25, -0.2) is 0 Å². The SMILES string of the molecule is Cc1cc(C)c(-n2ccn(CC(=O)O)c2=[Se])c(C)c1.O. The summed E-state index contributed by atoms with van der Waals surface area (Å²) in [4.78, 5) is 10.8. The fraction of sp³-hybridized carbons (Fsp3) is 0.286. The van der Waals surface area contributed by atoms with E-state index in [1.807, 2.05) is 10.8 Å². The van der Waals surface area contributed by atoms with Gasteiger partial charge in [-0.05, 0) is 0 Å². The fourth-order valence-corrected chi connectivity index (χ4v) is 2.98. The standard InChI is InChI=1S/C14H16N2O2Se.H2O/c1-9-6-10(2)13(11(3)7-9)16-5-4-15(14(16)19)8-12(17)18;/h4-7H,8H2,1-3H3,(H,17,18);1H2. The number of aromatic nitrogens is 2. The average Bonchev–Trinajstić information content (AvgIpc) is 2.60. The normalized spacial score (nSPS) is 10.2. The Balaban J connectivity index is 0.00000200. The molecule has 0 saturated heterocycles. The summed E-state index contributed by atoms with van der Waals surface area (Å²) in [5, 5.41) is 8.87. The number of imidazole rings is 1. The van der Waals surface area contributed by atoms with Gasteiger partial charge < -0.3 is 5.48 Å². The summed E-state index contributed by atoms with van der Waals surface area (Å²) in [6.07, 6.45) is 3.66. The van der Waals surface area contributed by atoms with Crippen molar-refractivity contribution in [3.05, 3.63) is 45.5 Å². The van der Waals surface area contributed by atoms with E-state index in [4.69, 9.17) is 5.11 Å². The minimum atomic E-state index is -0.850. The Hall–Kier alpha value is -1.62. The summed E-state index contributed by atoms with van der Waals surface area (Å²) in [6, 6.07) is 4.26. The second kappa shape index (κ2) is 6.22. The van der Waals surface area contributed by atoms with E-state index in [1.165, 1.54) is 16.7 Å². The minimum absolute atomic E-state index is 0. The van der Waals surface area contributed by atoms with Gasteiger partial charge in [0.2, 0.25) is 0 Å². The second-order valence-corrected chi connectivity index (χ2v) is 5.49. The van der Waals surface area contributed by atoms with Crippen LogP contribution >= 0.6 is 0 Å². The van der Waals surface area contributed by atoms with Crippen molar-refractivity contribution in [2.75, 3.05) is 0 Å². The molecule has 0 aliphatic carbocycles. The van der Waals surface area contributed by atoms with Crippen molar-refractivity contribution in [3.8, 4) is 5.69 Å². The largest absolute Gasteiger partial charge is 0.412 e. The van der Waals surface area contributed by atoms with Crippen LogP contribution in [-0.4, -0.2) is 41.3 Å². The van der Waals surface area contributed by atoms with E-state index >= 15 is 0 Å². The molecule has 108 valence electrons. The molecule has 0 radical (unpaired) electrons. The van der Waals surface area contributed by atoms with Gasteiger partial charge in [0.1, 0.15) is 0 Å². The molecule has 0 spiro atoms. The van der Waals surface area contributed by atoms with Gasteiger partial charge in [0, 0.05) is 0 Å². The molecule has 0 aliphatic heterocycles. The van der Waals surface area contributed by atoms with Gasteiger partial charge in [0.05, 0.1) is 0 Å². The van der Waals surface area contributed by atoms with Gasteiger partial charge in [-0.3, -0.25) is 0 Å². The molecule has 2 rings (SSSR count). The number of nitrogens with zero attached hydrogens (tertiary/aromatic N) is 2. The molecule has 0 unspecified atom stereocenters. The van der Waals surface area contributed by atoms with Crippen molar-refractivity contribution in [1.29, 1.82) is 0 Å².